The summed E-state index contributed by atoms with van der Waals surface area (Å²) in [4.78, 5) is 24.3. The molecule has 0 bridgehead atoms. The number of amides is 2. The van der Waals surface area contributed by atoms with Gasteiger partial charge in [-0.2, -0.15) is 5.10 Å². The minimum absolute atomic E-state index is 0.0901. The quantitative estimate of drug-likeness (QED) is 0.636. The van der Waals surface area contributed by atoms with E-state index in [1.165, 1.54) is 11.3 Å². The zero-order valence-electron chi connectivity index (χ0n) is 12.7. The van der Waals surface area contributed by atoms with E-state index in [0.717, 1.165) is 5.56 Å². The molecule has 0 saturated carbocycles. The van der Waals surface area contributed by atoms with Crippen molar-refractivity contribution in [2.75, 3.05) is 5.32 Å². The van der Waals surface area contributed by atoms with E-state index in [1.807, 2.05) is 12.3 Å². The van der Waals surface area contributed by atoms with Crippen molar-refractivity contribution in [1.82, 2.24) is 5.43 Å². The predicted molar refractivity (Wildman–Crippen MR) is 94.3 cm³/mol. The van der Waals surface area contributed by atoms with Gasteiger partial charge in [0.1, 0.15) is 0 Å². The van der Waals surface area contributed by atoms with E-state index in [4.69, 9.17) is 11.6 Å². The molecule has 23 heavy (non-hydrogen) atoms. The van der Waals surface area contributed by atoms with Gasteiger partial charge in [-0.15, -0.1) is 11.3 Å². The normalized spacial score (nSPS) is 11.2. The number of nitrogens with zero attached hydrogens (tertiary/aromatic N) is 1. The van der Waals surface area contributed by atoms with Crippen LogP contribution in [0, 0.1) is 6.92 Å². The summed E-state index contributed by atoms with van der Waals surface area (Å²) >= 11 is 7.21. The molecule has 7 heteroatoms. The van der Waals surface area contributed by atoms with Crippen molar-refractivity contribution >= 4 is 46.2 Å². The molecule has 1 aromatic heterocycles. The Hall–Kier alpha value is -2.18. The van der Waals surface area contributed by atoms with Crippen LogP contribution in [0.15, 0.2) is 40.8 Å². The maximum atomic E-state index is 12.0. The van der Waals surface area contributed by atoms with Crippen LogP contribution < -0.4 is 10.7 Å². The Kier molecular flexibility index (Phi) is 5.90. The molecule has 0 aliphatic heterocycles. The molecule has 0 radical (unpaired) electrons. The molecule has 120 valence electrons. The summed E-state index contributed by atoms with van der Waals surface area (Å²) in [5, 5.41) is 9.17. The molecule has 5 nitrogen and oxygen atoms in total. The standard InChI is InChI=1S/C16H16ClN3O2S/c1-10-8-12(17)5-6-13(10)18-15(21)9-11(2)19-20-16(22)14-4-3-7-23-14/h3-8H,9H2,1-2H3,(H,18,21)(H,20,22)/b19-11+. The molecule has 1 heterocycles. The molecule has 0 spiro atoms. The lowest BCUT2D eigenvalue weighted by Crippen LogP contribution is -2.21. The fourth-order valence-corrected chi connectivity index (χ4v) is 2.68. The molecule has 2 N–H and O–H groups in total. The van der Waals surface area contributed by atoms with E-state index in [1.54, 1.807) is 37.3 Å². The number of thiophene rings is 1. The average Bonchev–Trinajstić information content (AvgIpc) is 3.02. The minimum Gasteiger partial charge on any atom is -0.326 e. The Balaban J connectivity index is 1.89. The molecule has 2 rings (SSSR count). The van der Waals surface area contributed by atoms with Crippen LogP contribution >= 0.6 is 22.9 Å². The highest BCUT2D eigenvalue weighted by atomic mass is 35.5. The first kappa shape index (κ1) is 17.2. The van der Waals surface area contributed by atoms with Gasteiger partial charge in [-0.25, -0.2) is 5.43 Å². The number of rotatable bonds is 5. The summed E-state index contributed by atoms with van der Waals surface area (Å²) in [6, 6.07) is 8.74. The third-order valence-electron chi connectivity index (χ3n) is 2.97. The van der Waals surface area contributed by atoms with E-state index in [-0.39, 0.29) is 18.2 Å². The van der Waals surface area contributed by atoms with Gasteiger partial charge in [0.05, 0.1) is 11.3 Å². The third kappa shape index (κ3) is 5.19. The maximum absolute atomic E-state index is 12.0. The van der Waals surface area contributed by atoms with Gasteiger partial charge in [0.25, 0.3) is 5.91 Å². The van der Waals surface area contributed by atoms with Crippen molar-refractivity contribution in [3.8, 4) is 0 Å². The summed E-state index contributed by atoms with van der Waals surface area (Å²) in [5.41, 5.74) is 4.53. The van der Waals surface area contributed by atoms with Crippen molar-refractivity contribution in [3.63, 3.8) is 0 Å². The summed E-state index contributed by atoms with van der Waals surface area (Å²) in [6.45, 7) is 3.55. The first-order chi connectivity index (χ1) is 11.0. The number of hydrogen-bond acceptors (Lipinski definition) is 4. The van der Waals surface area contributed by atoms with Crippen LogP contribution in [0.2, 0.25) is 5.02 Å². The molecule has 0 aliphatic carbocycles. The largest absolute Gasteiger partial charge is 0.326 e. The van der Waals surface area contributed by atoms with E-state index < -0.39 is 0 Å². The first-order valence-electron chi connectivity index (χ1n) is 6.88. The van der Waals surface area contributed by atoms with Gasteiger partial charge in [-0.3, -0.25) is 9.59 Å². The van der Waals surface area contributed by atoms with Crippen LogP contribution in [0.25, 0.3) is 0 Å². The maximum Gasteiger partial charge on any atom is 0.281 e. The molecule has 0 atom stereocenters. The second kappa shape index (κ2) is 7.89. The van der Waals surface area contributed by atoms with Gasteiger partial charge in [0.15, 0.2) is 0 Å². The highest BCUT2D eigenvalue weighted by Crippen LogP contribution is 2.19. The Morgan fingerprint density at radius 1 is 1.30 bits per heavy atom. The summed E-state index contributed by atoms with van der Waals surface area (Å²) in [7, 11) is 0. The number of aryl methyl sites for hydroxylation is 1. The number of hydrazone groups is 1. The Morgan fingerprint density at radius 2 is 2.09 bits per heavy atom. The fraction of sp³-hybridized carbons (Fsp3) is 0.188. The summed E-state index contributed by atoms with van der Waals surface area (Å²) < 4.78 is 0. The minimum atomic E-state index is -0.284. The van der Waals surface area contributed by atoms with E-state index >= 15 is 0 Å². The first-order valence-corrected chi connectivity index (χ1v) is 8.14. The topological polar surface area (TPSA) is 70.6 Å². The SMILES string of the molecule is C/C(CC(=O)Nc1ccc(Cl)cc1C)=N\NC(=O)c1cccs1. The fourth-order valence-electron chi connectivity index (χ4n) is 1.84. The molecule has 0 unspecified atom stereocenters. The summed E-state index contributed by atoms with van der Waals surface area (Å²) in [5.74, 6) is -0.490. The zero-order valence-corrected chi connectivity index (χ0v) is 14.3. The van der Waals surface area contributed by atoms with Gasteiger partial charge >= 0.3 is 0 Å². The Labute approximate surface area is 143 Å². The van der Waals surface area contributed by atoms with Crippen molar-refractivity contribution in [3.05, 3.63) is 51.2 Å². The lowest BCUT2D eigenvalue weighted by Gasteiger charge is -2.08. The molecule has 0 saturated heterocycles. The number of carbonyl (C=O) groups excluding carboxylic acids is 2. The smallest absolute Gasteiger partial charge is 0.281 e. The van der Waals surface area contributed by atoms with E-state index in [0.29, 0.717) is 21.3 Å². The second-order valence-electron chi connectivity index (χ2n) is 4.95. The molecule has 0 aliphatic rings. The lowest BCUT2D eigenvalue weighted by molar-refractivity contribution is -0.115. The van der Waals surface area contributed by atoms with Gasteiger partial charge in [-0.1, -0.05) is 17.7 Å². The van der Waals surface area contributed by atoms with Crippen molar-refractivity contribution in [1.29, 1.82) is 0 Å². The monoisotopic (exact) mass is 349 g/mol. The van der Waals surface area contributed by atoms with Crippen LogP contribution in [0.4, 0.5) is 5.69 Å². The molecular formula is C16H16ClN3O2S. The van der Waals surface area contributed by atoms with Crippen molar-refractivity contribution < 1.29 is 9.59 Å². The predicted octanol–water partition coefficient (Wildman–Crippen LogP) is 3.84. The second-order valence-corrected chi connectivity index (χ2v) is 6.33. The molecule has 2 aromatic rings. The molecular weight excluding hydrogens is 334 g/mol. The van der Waals surface area contributed by atoms with Crippen molar-refractivity contribution in [2.24, 2.45) is 5.10 Å². The number of benzene rings is 1. The summed E-state index contributed by atoms with van der Waals surface area (Å²) in [6.07, 6.45) is 0.0901. The number of carbonyl (C=O) groups is 2. The van der Waals surface area contributed by atoms with Crippen LogP contribution in [0.1, 0.15) is 28.6 Å². The van der Waals surface area contributed by atoms with Crippen molar-refractivity contribution in [2.45, 2.75) is 20.3 Å². The lowest BCUT2D eigenvalue weighted by atomic mass is 10.2. The van der Waals surface area contributed by atoms with Gasteiger partial charge in [-0.05, 0) is 49.1 Å². The molecule has 0 fully saturated rings. The number of anilines is 1. The third-order valence-corrected chi connectivity index (χ3v) is 4.08. The van der Waals surface area contributed by atoms with Gasteiger partial charge in [0.2, 0.25) is 5.91 Å². The Morgan fingerprint density at radius 3 is 2.74 bits per heavy atom. The van der Waals surface area contributed by atoms with Gasteiger partial charge < -0.3 is 5.32 Å². The highest BCUT2D eigenvalue weighted by molar-refractivity contribution is 7.12. The van der Waals surface area contributed by atoms with E-state index in [9.17, 15) is 9.59 Å². The number of halogens is 1. The zero-order chi connectivity index (χ0) is 16.8. The Bertz CT molecular complexity index is 742. The highest BCUT2D eigenvalue weighted by Gasteiger charge is 2.08. The van der Waals surface area contributed by atoms with Gasteiger partial charge in [0, 0.05) is 16.4 Å². The van der Waals surface area contributed by atoms with E-state index in [2.05, 4.69) is 15.8 Å². The molecule has 2 amide bonds. The molecule has 1 aromatic carbocycles. The van der Waals surface area contributed by atoms with Crippen LogP contribution in [-0.4, -0.2) is 17.5 Å². The van der Waals surface area contributed by atoms with Crippen LogP contribution in [0.3, 0.4) is 0 Å². The number of nitrogens with one attached hydrogen (secondary N) is 2. The average molecular weight is 350 g/mol. The van der Waals surface area contributed by atoms with Crippen LogP contribution in [0.5, 0.6) is 0 Å². The van der Waals surface area contributed by atoms with Crippen LogP contribution in [-0.2, 0) is 4.79 Å². The number of hydrogen-bond donors (Lipinski definition) is 2.